The number of rotatable bonds is 6. The Balaban J connectivity index is 1.45. The molecule has 1 aliphatic carbocycles. The molecule has 2 amide bonds. The van der Waals surface area contributed by atoms with Gasteiger partial charge in [0.25, 0.3) is 0 Å². The van der Waals surface area contributed by atoms with Crippen molar-refractivity contribution >= 4 is 6.03 Å². The molecule has 23 heavy (non-hydrogen) atoms. The maximum absolute atomic E-state index is 11.8. The first-order chi connectivity index (χ1) is 11.3. The second-order valence-corrected chi connectivity index (χ2v) is 6.57. The smallest absolute Gasteiger partial charge is 0.318 e. The predicted octanol–water partition coefficient (Wildman–Crippen LogP) is 3.76. The van der Waals surface area contributed by atoms with E-state index < -0.39 is 0 Å². The van der Waals surface area contributed by atoms with Crippen molar-refractivity contribution in [3.05, 3.63) is 71.8 Å². The Bertz CT molecular complexity index is 631. The average Bonchev–Trinajstić information content (AvgIpc) is 3.28. The van der Waals surface area contributed by atoms with Crippen molar-refractivity contribution in [1.82, 2.24) is 10.2 Å². The highest BCUT2D eigenvalue weighted by Crippen LogP contribution is 2.35. The summed E-state index contributed by atoms with van der Waals surface area (Å²) < 4.78 is 0. The molecule has 0 aromatic heterocycles. The summed E-state index contributed by atoms with van der Waals surface area (Å²) in [7, 11) is 0. The zero-order chi connectivity index (χ0) is 15.6. The third kappa shape index (κ3) is 2.96. The first-order valence-electron chi connectivity index (χ1n) is 8.50. The third-order valence-electron chi connectivity index (χ3n) is 5.02. The van der Waals surface area contributed by atoms with Crippen LogP contribution in [-0.4, -0.2) is 29.6 Å². The summed E-state index contributed by atoms with van der Waals surface area (Å²) in [6.07, 6.45) is 3.23. The third-order valence-corrected chi connectivity index (χ3v) is 5.02. The van der Waals surface area contributed by atoms with E-state index >= 15 is 0 Å². The van der Waals surface area contributed by atoms with Crippen LogP contribution in [0.15, 0.2) is 60.7 Å². The summed E-state index contributed by atoms with van der Waals surface area (Å²) in [5, 5.41) is 3.03. The molecule has 3 nitrogen and oxygen atoms in total. The quantitative estimate of drug-likeness (QED) is 0.866. The minimum absolute atomic E-state index is 0.127. The zero-order valence-corrected chi connectivity index (χ0v) is 13.2. The highest BCUT2D eigenvalue weighted by atomic mass is 16.2. The maximum atomic E-state index is 11.8. The van der Waals surface area contributed by atoms with Crippen LogP contribution >= 0.6 is 0 Å². The molecule has 1 N–H and O–H groups in total. The Kier molecular flexibility index (Phi) is 3.78. The summed E-state index contributed by atoms with van der Waals surface area (Å²) in [4.78, 5) is 13.9. The highest BCUT2D eigenvalue weighted by Gasteiger charge is 2.50. The van der Waals surface area contributed by atoms with E-state index in [-0.39, 0.29) is 6.03 Å². The van der Waals surface area contributed by atoms with E-state index in [1.807, 2.05) is 4.90 Å². The molecule has 0 bridgehead atoms. The van der Waals surface area contributed by atoms with Crippen molar-refractivity contribution in [2.45, 2.75) is 37.3 Å². The fraction of sp³-hybridized carbons (Fsp3) is 0.350. The standard InChI is InChI=1S/C20H22N2O/c23-20-21-18-14-19(18)22(20)13-7-12-17(15-8-3-1-4-9-15)16-10-5-2-6-11-16/h1-6,8-11,17-19H,7,12-14H2,(H,21,23)/t18-,19+/m1/s1. The number of urea groups is 1. The van der Waals surface area contributed by atoms with Crippen LogP contribution in [0.25, 0.3) is 0 Å². The number of fused-ring (bicyclic) bond motifs is 1. The van der Waals surface area contributed by atoms with Crippen LogP contribution in [0, 0.1) is 0 Å². The van der Waals surface area contributed by atoms with E-state index in [9.17, 15) is 4.79 Å². The molecule has 1 heterocycles. The van der Waals surface area contributed by atoms with Crippen molar-refractivity contribution in [3.8, 4) is 0 Å². The van der Waals surface area contributed by atoms with Crippen molar-refractivity contribution in [1.29, 1.82) is 0 Å². The van der Waals surface area contributed by atoms with Crippen molar-refractivity contribution < 1.29 is 4.79 Å². The molecule has 2 aromatic carbocycles. The number of benzene rings is 2. The average molecular weight is 306 g/mol. The summed E-state index contributed by atoms with van der Waals surface area (Å²) >= 11 is 0. The lowest BCUT2D eigenvalue weighted by atomic mass is 9.87. The number of amides is 2. The van der Waals surface area contributed by atoms with Crippen LogP contribution < -0.4 is 5.32 Å². The molecule has 0 spiro atoms. The summed E-state index contributed by atoms with van der Waals surface area (Å²) in [5.74, 6) is 0.401. The monoisotopic (exact) mass is 306 g/mol. The minimum Gasteiger partial charge on any atom is -0.333 e. The van der Waals surface area contributed by atoms with Crippen LogP contribution in [0.4, 0.5) is 4.79 Å². The normalized spacial score (nSPS) is 22.1. The Morgan fingerprint density at radius 1 is 1.00 bits per heavy atom. The van der Waals surface area contributed by atoms with Crippen LogP contribution in [0.3, 0.4) is 0 Å². The van der Waals surface area contributed by atoms with Gasteiger partial charge in [-0.25, -0.2) is 4.79 Å². The number of nitrogens with one attached hydrogen (secondary N) is 1. The minimum atomic E-state index is 0.127. The molecule has 1 saturated heterocycles. The fourth-order valence-electron chi connectivity index (χ4n) is 3.70. The molecule has 2 atom stereocenters. The van der Waals surface area contributed by atoms with E-state index in [4.69, 9.17) is 0 Å². The highest BCUT2D eigenvalue weighted by molar-refractivity contribution is 5.79. The van der Waals surface area contributed by atoms with E-state index in [0.717, 1.165) is 25.8 Å². The van der Waals surface area contributed by atoms with Gasteiger partial charge in [-0.2, -0.15) is 0 Å². The van der Waals surface area contributed by atoms with E-state index in [0.29, 0.717) is 18.0 Å². The molecular formula is C20H22N2O. The lowest BCUT2D eigenvalue weighted by Crippen LogP contribution is -2.34. The molecule has 4 rings (SSSR count). The molecule has 1 aliphatic heterocycles. The summed E-state index contributed by atoms with van der Waals surface area (Å²) in [5.41, 5.74) is 2.71. The van der Waals surface area contributed by atoms with E-state index in [2.05, 4.69) is 66.0 Å². The van der Waals surface area contributed by atoms with Crippen molar-refractivity contribution in [3.63, 3.8) is 0 Å². The number of hydrogen-bond donors (Lipinski definition) is 1. The van der Waals surface area contributed by atoms with Gasteiger partial charge in [0.2, 0.25) is 0 Å². The molecule has 0 radical (unpaired) electrons. The molecule has 2 fully saturated rings. The Morgan fingerprint density at radius 3 is 2.13 bits per heavy atom. The van der Waals surface area contributed by atoms with E-state index in [1.54, 1.807) is 0 Å². The van der Waals surface area contributed by atoms with Crippen LogP contribution in [0.5, 0.6) is 0 Å². The van der Waals surface area contributed by atoms with Crippen LogP contribution in [0.1, 0.15) is 36.3 Å². The van der Waals surface area contributed by atoms with Gasteiger partial charge in [0.05, 0.1) is 12.1 Å². The summed E-state index contributed by atoms with van der Waals surface area (Å²) in [6, 6.07) is 22.4. The molecule has 3 heteroatoms. The van der Waals surface area contributed by atoms with E-state index in [1.165, 1.54) is 11.1 Å². The van der Waals surface area contributed by atoms with Crippen molar-refractivity contribution in [2.75, 3.05) is 6.54 Å². The van der Waals surface area contributed by atoms with Gasteiger partial charge in [0.15, 0.2) is 0 Å². The Labute approximate surface area is 137 Å². The zero-order valence-electron chi connectivity index (χ0n) is 13.2. The summed E-state index contributed by atoms with van der Waals surface area (Å²) in [6.45, 7) is 0.864. The van der Waals surface area contributed by atoms with Crippen LogP contribution in [0.2, 0.25) is 0 Å². The fourth-order valence-corrected chi connectivity index (χ4v) is 3.70. The number of carbonyl (C=O) groups is 1. The first kappa shape index (κ1) is 14.3. The van der Waals surface area contributed by atoms with Gasteiger partial charge < -0.3 is 10.2 Å². The number of nitrogens with zero attached hydrogens (tertiary/aromatic N) is 1. The Morgan fingerprint density at radius 2 is 1.61 bits per heavy atom. The second kappa shape index (κ2) is 6.07. The number of carbonyl (C=O) groups excluding carboxylic acids is 1. The van der Waals surface area contributed by atoms with Crippen molar-refractivity contribution in [2.24, 2.45) is 0 Å². The first-order valence-corrected chi connectivity index (χ1v) is 8.50. The lowest BCUT2D eigenvalue weighted by molar-refractivity contribution is 0.207. The van der Waals surface area contributed by atoms with Gasteiger partial charge in [0, 0.05) is 12.5 Å². The largest absolute Gasteiger partial charge is 0.333 e. The molecule has 2 aromatic rings. The van der Waals surface area contributed by atoms with Gasteiger partial charge in [0.1, 0.15) is 0 Å². The van der Waals surface area contributed by atoms with Crippen LogP contribution in [-0.2, 0) is 0 Å². The molecule has 1 saturated carbocycles. The topological polar surface area (TPSA) is 32.3 Å². The second-order valence-electron chi connectivity index (χ2n) is 6.57. The number of hydrogen-bond acceptors (Lipinski definition) is 1. The molecule has 2 aliphatic rings. The SMILES string of the molecule is O=C1N[C@@H]2C[C@@H]2N1CCCC(c1ccccc1)c1ccccc1. The lowest BCUT2D eigenvalue weighted by Gasteiger charge is -2.21. The van der Waals surface area contributed by atoms with Gasteiger partial charge in [-0.15, -0.1) is 0 Å². The Hall–Kier alpha value is -2.29. The molecular weight excluding hydrogens is 284 g/mol. The van der Waals surface area contributed by atoms with Gasteiger partial charge in [-0.05, 0) is 30.4 Å². The molecule has 118 valence electrons. The van der Waals surface area contributed by atoms with Gasteiger partial charge in [-0.3, -0.25) is 0 Å². The maximum Gasteiger partial charge on any atom is 0.318 e. The van der Waals surface area contributed by atoms with Gasteiger partial charge >= 0.3 is 6.03 Å². The predicted molar refractivity (Wildman–Crippen MR) is 91.4 cm³/mol. The molecule has 0 unspecified atom stereocenters. The van der Waals surface area contributed by atoms with Gasteiger partial charge in [-0.1, -0.05) is 60.7 Å².